The van der Waals surface area contributed by atoms with Gasteiger partial charge < -0.3 is 15.1 Å². The van der Waals surface area contributed by atoms with Crippen LogP contribution in [0, 0.1) is 18.6 Å². The number of halogens is 5. The van der Waals surface area contributed by atoms with Crippen LogP contribution < -0.4 is 10.2 Å². The first-order valence-electron chi connectivity index (χ1n) is 11.5. The molecule has 0 radical (unpaired) electrons. The second-order valence-electron chi connectivity index (χ2n) is 9.20. The minimum Gasteiger partial charge on any atom is -0.369 e. The van der Waals surface area contributed by atoms with Crippen molar-refractivity contribution in [1.82, 2.24) is 15.1 Å². The molecule has 3 aromatic rings. The lowest BCUT2D eigenvalue weighted by Gasteiger charge is -2.36. The van der Waals surface area contributed by atoms with E-state index in [2.05, 4.69) is 27.5 Å². The van der Waals surface area contributed by atoms with E-state index in [4.69, 9.17) is 0 Å². The van der Waals surface area contributed by atoms with Crippen LogP contribution in [0.2, 0.25) is 0 Å². The van der Waals surface area contributed by atoms with Gasteiger partial charge in [-0.2, -0.15) is 18.3 Å². The fourth-order valence-corrected chi connectivity index (χ4v) is 4.63. The molecule has 5 nitrogen and oxygen atoms in total. The Kier molecular flexibility index (Phi) is 6.86. The van der Waals surface area contributed by atoms with Crippen molar-refractivity contribution < 1.29 is 22.0 Å². The van der Waals surface area contributed by atoms with Gasteiger partial charge in [-0.15, -0.1) is 5.10 Å². The molecule has 4 rings (SSSR count). The molecule has 0 bridgehead atoms. The largest absolute Gasteiger partial charge is 0.419 e. The summed E-state index contributed by atoms with van der Waals surface area (Å²) in [6.07, 6.45) is -3.01. The minimum absolute atomic E-state index is 0.152. The molecule has 1 aromatic heterocycles. The first-order chi connectivity index (χ1) is 16.5. The predicted molar refractivity (Wildman–Crippen MR) is 127 cm³/mol. The fraction of sp³-hybridized carbons (Fsp3) is 0.440. The van der Waals surface area contributed by atoms with Crippen molar-refractivity contribution in [3.63, 3.8) is 0 Å². The number of hydrogen-bond acceptors (Lipinski definition) is 5. The van der Waals surface area contributed by atoms with E-state index >= 15 is 4.39 Å². The molecule has 0 saturated carbocycles. The maximum atomic E-state index is 15.2. The Labute approximate surface area is 200 Å². The van der Waals surface area contributed by atoms with Crippen molar-refractivity contribution in [2.45, 2.75) is 44.9 Å². The summed E-state index contributed by atoms with van der Waals surface area (Å²) in [4.78, 5) is 4.16. The van der Waals surface area contributed by atoms with Gasteiger partial charge in [0, 0.05) is 29.4 Å². The van der Waals surface area contributed by atoms with Gasteiger partial charge in [-0.1, -0.05) is 12.1 Å². The van der Waals surface area contributed by atoms with E-state index in [0.29, 0.717) is 28.2 Å². The highest BCUT2D eigenvalue weighted by atomic mass is 19.4. The van der Waals surface area contributed by atoms with Gasteiger partial charge in [0.05, 0.1) is 23.0 Å². The van der Waals surface area contributed by atoms with Crippen LogP contribution in [0.15, 0.2) is 30.3 Å². The van der Waals surface area contributed by atoms with Crippen LogP contribution in [-0.2, 0) is 6.18 Å². The third kappa shape index (κ3) is 5.03. The molecule has 1 saturated heterocycles. The van der Waals surface area contributed by atoms with Gasteiger partial charge >= 0.3 is 6.18 Å². The SMILES string of the molecule is Cc1nnc(N[C@H](C)c2cccc(C(F)(F)F)c2F)c2cc(N(C)C3CCN(C)CC3)c(F)cc12. The highest BCUT2D eigenvalue weighted by Crippen LogP contribution is 2.36. The highest BCUT2D eigenvalue weighted by molar-refractivity contribution is 5.95. The van der Waals surface area contributed by atoms with E-state index < -0.39 is 29.4 Å². The molecule has 1 fully saturated rings. The number of aromatic nitrogens is 2. The van der Waals surface area contributed by atoms with Crippen LogP contribution in [-0.4, -0.2) is 48.3 Å². The number of fused-ring (bicyclic) bond motifs is 1. The van der Waals surface area contributed by atoms with E-state index in [0.717, 1.165) is 25.9 Å². The van der Waals surface area contributed by atoms with Gasteiger partial charge in [-0.05, 0) is 65.0 Å². The Morgan fingerprint density at radius 2 is 1.77 bits per heavy atom. The Hall–Kier alpha value is -3.01. The molecule has 0 unspecified atom stereocenters. The number of benzene rings is 2. The lowest BCUT2D eigenvalue weighted by atomic mass is 10.0. The summed E-state index contributed by atoms with van der Waals surface area (Å²) in [7, 11) is 3.91. The maximum Gasteiger partial charge on any atom is 0.419 e. The van der Waals surface area contributed by atoms with Gasteiger partial charge in [-0.25, -0.2) is 8.78 Å². The highest BCUT2D eigenvalue weighted by Gasteiger charge is 2.35. The summed E-state index contributed by atoms with van der Waals surface area (Å²) < 4.78 is 69.4. The molecule has 1 aliphatic rings. The first kappa shape index (κ1) is 25.1. The van der Waals surface area contributed by atoms with Crippen LogP contribution in [0.5, 0.6) is 0 Å². The zero-order chi connectivity index (χ0) is 25.5. The molecular formula is C25H28F5N5. The van der Waals surface area contributed by atoms with Gasteiger partial charge in [0.1, 0.15) is 11.6 Å². The van der Waals surface area contributed by atoms with Crippen molar-refractivity contribution in [1.29, 1.82) is 0 Å². The van der Waals surface area contributed by atoms with Crippen molar-refractivity contribution in [2.24, 2.45) is 0 Å². The van der Waals surface area contributed by atoms with E-state index in [9.17, 15) is 17.6 Å². The number of nitrogens with zero attached hydrogens (tertiary/aromatic N) is 4. The Morgan fingerprint density at radius 3 is 2.43 bits per heavy atom. The monoisotopic (exact) mass is 493 g/mol. The molecular weight excluding hydrogens is 465 g/mol. The molecule has 2 heterocycles. The van der Waals surface area contributed by atoms with Gasteiger partial charge in [0.25, 0.3) is 0 Å². The number of aryl methyl sites for hydroxylation is 1. The first-order valence-corrected chi connectivity index (χ1v) is 11.5. The molecule has 1 N–H and O–H groups in total. The average molecular weight is 494 g/mol. The number of nitrogens with one attached hydrogen (secondary N) is 1. The third-order valence-electron chi connectivity index (χ3n) is 6.80. The van der Waals surface area contributed by atoms with Gasteiger partial charge in [0.15, 0.2) is 5.82 Å². The molecule has 0 spiro atoms. The predicted octanol–water partition coefficient (Wildman–Crippen LogP) is 5.94. The van der Waals surface area contributed by atoms with Crippen LogP contribution in [0.4, 0.5) is 33.5 Å². The fourth-order valence-electron chi connectivity index (χ4n) is 4.63. The zero-order valence-corrected chi connectivity index (χ0v) is 20.0. The number of alkyl halides is 3. The zero-order valence-electron chi connectivity index (χ0n) is 20.0. The Bertz CT molecular complexity index is 1220. The van der Waals surface area contributed by atoms with Crippen molar-refractivity contribution >= 4 is 22.3 Å². The molecule has 0 aliphatic carbocycles. The van der Waals surface area contributed by atoms with Crippen LogP contribution in [0.3, 0.4) is 0 Å². The molecule has 1 aliphatic heterocycles. The van der Waals surface area contributed by atoms with E-state index in [1.807, 2.05) is 11.9 Å². The average Bonchev–Trinajstić information content (AvgIpc) is 2.80. The lowest BCUT2D eigenvalue weighted by Crippen LogP contribution is -2.42. The third-order valence-corrected chi connectivity index (χ3v) is 6.80. The number of likely N-dealkylation sites (tertiary alicyclic amines) is 1. The number of hydrogen-bond donors (Lipinski definition) is 1. The Morgan fingerprint density at radius 1 is 1.09 bits per heavy atom. The molecule has 0 amide bonds. The standard InChI is InChI=1S/C25H28F5N5/c1-14(17-6-5-7-20(23(17)27)25(28,29)30)31-24-19-13-22(21(26)12-18(19)15(2)32-33-24)35(4)16-8-10-34(3)11-9-16/h5-7,12-14,16H,8-11H2,1-4H3,(H,31,33)/t14-/m1/s1. The maximum absolute atomic E-state index is 15.2. The number of anilines is 2. The second-order valence-corrected chi connectivity index (χ2v) is 9.20. The summed E-state index contributed by atoms with van der Waals surface area (Å²) in [5.41, 5.74) is -0.565. The summed E-state index contributed by atoms with van der Waals surface area (Å²) in [5, 5.41) is 12.3. The molecule has 2 aromatic carbocycles. The molecule has 1 atom stereocenters. The number of piperidine rings is 1. The minimum atomic E-state index is -4.80. The molecule has 10 heteroatoms. The smallest absolute Gasteiger partial charge is 0.369 e. The van der Waals surface area contributed by atoms with E-state index in [-0.39, 0.29) is 17.4 Å². The van der Waals surface area contributed by atoms with Crippen molar-refractivity contribution in [2.75, 3.05) is 37.4 Å². The Balaban J connectivity index is 1.71. The summed E-state index contributed by atoms with van der Waals surface area (Å²) in [6.45, 7) is 5.08. The second kappa shape index (κ2) is 9.56. The van der Waals surface area contributed by atoms with Crippen LogP contribution in [0.1, 0.15) is 42.6 Å². The molecule has 188 valence electrons. The van der Waals surface area contributed by atoms with E-state index in [1.165, 1.54) is 18.2 Å². The lowest BCUT2D eigenvalue weighted by molar-refractivity contribution is -0.140. The normalized spacial score (nSPS) is 16.5. The van der Waals surface area contributed by atoms with Crippen molar-refractivity contribution in [3.05, 3.63) is 58.8 Å². The quantitative estimate of drug-likeness (QED) is 0.446. The van der Waals surface area contributed by atoms with E-state index in [1.54, 1.807) is 19.9 Å². The summed E-state index contributed by atoms with van der Waals surface area (Å²) in [6, 6.07) is 5.58. The topological polar surface area (TPSA) is 44.3 Å². The van der Waals surface area contributed by atoms with Crippen LogP contribution >= 0.6 is 0 Å². The van der Waals surface area contributed by atoms with Crippen molar-refractivity contribution in [3.8, 4) is 0 Å². The van der Waals surface area contributed by atoms with Gasteiger partial charge in [-0.3, -0.25) is 0 Å². The van der Waals surface area contributed by atoms with Gasteiger partial charge in [0.2, 0.25) is 0 Å². The number of rotatable bonds is 5. The molecule has 35 heavy (non-hydrogen) atoms. The van der Waals surface area contributed by atoms with Crippen LogP contribution in [0.25, 0.3) is 10.8 Å². The summed E-state index contributed by atoms with van der Waals surface area (Å²) in [5.74, 6) is -1.48. The summed E-state index contributed by atoms with van der Waals surface area (Å²) >= 11 is 0.